The molecule has 0 radical (unpaired) electrons. The lowest BCUT2D eigenvalue weighted by Crippen LogP contribution is -2.46. The molecule has 17 heavy (non-hydrogen) atoms. The molecule has 2 atom stereocenters. The third kappa shape index (κ3) is 2.78. The molecule has 98 valence electrons. The van der Waals surface area contributed by atoms with Crippen LogP contribution >= 0.6 is 0 Å². The van der Waals surface area contributed by atoms with Gasteiger partial charge in [-0.15, -0.1) is 0 Å². The Morgan fingerprint density at radius 1 is 1.65 bits per heavy atom. The van der Waals surface area contributed by atoms with Crippen LogP contribution in [0.3, 0.4) is 0 Å². The zero-order valence-corrected chi connectivity index (χ0v) is 10.7. The first-order valence-electron chi connectivity index (χ1n) is 6.28. The molecule has 0 aliphatic carbocycles. The molecule has 1 amide bonds. The highest BCUT2D eigenvalue weighted by Gasteiger charge is 2.44. The van der Waals surface area contributed by atoms with Gasteiger partial charge in [0, 0.05) is 33.2 Å². The number of rotatable bonds is 3. The maximum absolute atomic E-state index is 11.8. The zero-order chi connectivity index (χ0) is 12.3. The molecule has 2 rings (SSSR count). The molecule has 0 aromatic heterocycles. The number of amides is 1. The quantitative estimate of drug-likeness (QED) is 0.757. The molecule has 2 aliphatic rings. The van der Waals surface area contributed by atoms with E-state index in [2.05, 4.69) is 5.32 Å². The predicted molar refractivity (Wildman–Crippen MR) is 63.8 cm³/mol. The van der Waals surface area contributed by atoms with Crippen LogP contribution in [0.15, 0.2) is 0 Å². The van der Waals surface area contributed by atoms with Gasteiger partial charge < -0.3 is 19.7 Å². The Balaban J connectivity index is 1.93. The minimum Gasteiger partial charge on any atom is -0.381 e. The Kier molecular flexibility index (Phi) is 4.01. The van der Waals surface area contributed by atoms with E-state index in [9.17, 15) is 4.79 Å². The number of hydrogen-bond donors (Lipinski definition) is 1. The van der Waals surface area contributed by atoms with Gasteiger partial charge in [0.05, 0.1) is 18.2 Å². The largest absolute Gasteiger partial charge is 0.381 e. The van der Waals surface area contributed by atoms with Crippen LogP contribution in [0.2, 0.25) is 0 Å². The van der Waals surface area contributed by atoms with Gasteiger partial charge in [-0.25, -0.2) is 0 Å². The number of likely N-dealkylation sites (N-methyl/N-ethyl adjacent to an activating group) is 1. The standard InChI is InChI=1S/C12H22N2O3/c1-13-8-11(15)14-5-4-12(9-14)7-10(16-2)3-6-17-12/h10,13H,3-9H2,1-2H3/t10-,12+/m1/s1. The molecule has 2 heterocycles. The van der Waals surface area contributed by atoms with Crippen molar-refractivity contribution in [3.8, 4) is 0 Å². The molecule has 1 N–H and O–H groups in total. The number of ether oxygens (including phenoxy) is 2. The Morgan fingerprint density at radius 3 is 3.18 bits per heavy atom. The highest BCUT2D eigenvalue weighted by molar-refractivity contribution is 5.78. The second-order valence-corrected chi connectivity index (χ2v) is 4.98. The van der Waals surface area contributed by atoms with Crippen molar-refractivity contribution in [1.29, 1.82) is 0 Å². The van der Waals surface area contributed by atoms with Crippen molar-refractivity contribution < 1.29 is 14.3 Å². The number of likely N-dealkylation sites (tertiary alicyclic amines) is 1. The van der Waals surface area contributed by atoms with Crippen LogP contribution < -0.4 is 5.32 Å². The summed E-state index contributed by atoms with van der Waals surface area (Å²) in [4.78, 5) is 13.7. The van der Waals surface area contributed by atoms with Gasteiger partial charge in [0.25, 0.3) is 0 Å². The van der Waals surface area contributed by atoms with E-state index in [0.717, 1.165) is 32.4 Å². The van der Waals surface area contributed by atoms with E-state index in [1.54, 1.807) is 14.2 Å². The van der Waals surface area contributed by atoms with Crippen molar-refractivity contribution in [2.45, 2.75) is 31.0 Å². The maximum atomic E-state index is 11.8. The van der Waals surface area contributed by atoms with Crippen molar-refractivity contribution in [3.63, 3.8) is 0 Å². The first-order chi connectivity index (χ1) is 8.19. The number of hydrogen-bond acceptors (Lipinski definition) is 4. The Hall–Kier alpha value is -0.650. The molecule has 0 unspecified atom stereocenters. The Morgan fingerprint density at radius 2 is 2.47 bits per heavy atom. The summed E-state index contributed by atoms with van der Waals surface area (Å²) < 4.78 is 11.3. The fourth-order valence-corrected chi connectivity index (χ4v) is 2.79. The average molecular weight is 242 g/mol. The smallest absolute Gasteiger partial charge is 0.236 e. The average Bonchev–Trinajstić information content (AvgIpc) is 2.73. The summed E-state index contributed by atoms with van der Waals surface area (Å²) in [6.07, 6.45) is 3.08. The van der Waals surface area contributed by atoms with Crippen molar-refractivity contribution in [3.05, 3.63) is 0 Å². The number of carbonyl (C=O) groups excluding carboxylic acids is 1. The maximum Gasteiger partial charge on any atom is 0.236 e. The normalized spacial score (nSPS) is 33.3. The van der Waals surface area contributed by atoms with E-state index < -0.39 is 0 Å². The zero-order valence-electron chi connectivity index (χ0n) is 10.7. The van der Waals surface area contributed by atoms with Gasteiger partial charge in [-0.2, -0.15) is 0 Å². The van der Waals surface area contributed by atoms with E-state index in [-0.39, 0.29) is 17.6 Å². The number of methoxy groups -OCH3 is 1. The second-order valence-electron chi connectivity index (χ2n) is 4.98. The SMILES string of the molecule is CNCC(=O)N1CC[C@]2(C[C@H](OC)CCO2)C1. The van der Waals surface area contributed by atoms with E-state index >= 15 is 0 Å². The monoisotopic (exact) mass is 242 g/mol. The predicted octanol–water partition coefficient (Wildman–Crippen LogP) is 0.00230. The Labute approximate surface area is 102 Å². The van der Waals surface area contributed by atoms with Gasteiger partial charge in [0.1, 0.15) is 0 Å². The van der Waals surface area contributed by atoms with Crippen molar-refractivity contribution in [1.82, 2.24) is 10.2 Å². The number of carbonyl (C=O) groups is 1. The molecule has 2 aliphatic heterocycles. The van der Waals surface area contributed by atoms with Crippen molar-refractivity contribution >= 4 is 5.91 Å². The third-order valence-electron chi connectivity index (χ3n) is 3.78. The van der Waals surface area contributed by atoms with E-state index in [4.69, 9.17) is 9.47 Å². The number of nitrogens with one attached hydrogen (secondary N) is 1. The fourth-order valence-electron chi connectivity index (χ4n) is 2.79. The summed E-state index contributed by atoms with van der Waals surface area (Å²) in [5.41, 5.74) is -0.150. The molecule has 0 saturated carbocycles. The second kappa shape index (κ2) is 5.33. The highest BCUT2D eigenvalue weighted by atomic mass is 16.5. The molecule has 0 aromatic carbocycles. The molecule has 5 nitrogen and oxygen atoms in total. The molecule has 0 bridgehead atoms. The molecular weight excluding hydrogens is 220 g/mol. The fraction of sp³-hybridized carbons (Fsp3) is 0.917. The minimum absolute atomic E-state index is 0.150. The first kappa shape index (κ1) is 12.8. The van der Waals surface area contributed by atoms with E-state index in [1.165, 1.54) is 0 Å². The molecule has 0 aromatic rings. The van der Waals surface area contributed by atoms with Crippen LogP contribution in [-0.4, -0.2) is 62.9 Å². The van der Waals surface area contributed by atoms with Crippen LogP contribution in [0.1, 0.15) is 19.3 Å². The van der Waals surface area contributed by atoms with E-state index in [0.29, 0.717) is 13.1 Å². The van der Waals surface area contributed by atoms with Crippen LogP contribution in [0, 0.1) is 0 Å². The van der Waals surface area contributed by atoms with Gasteiger partial charge in [-0.3, -0.25) is 4.79 Å². The summed E-state index contributed by atoms with van der Waals surface area (Å²) in [5, 5.41) is 2.90. The lowest BCUT2D eigenvalue weighted by molar-refractivity contribution is -0.136. The summed E-state index contributed by atoms with van der Waals surface area (Å²) in [6.45, 7) is 2.67. The highest BCUT2D eigenvalue weighted by Crippen LogP contribution is 2.35. The van der Waals surface area contributed by atoms with Crippen molar-refractivity contribution in [2.75, 3.05) is 40.4 Å². The molecule has 1 spiro atoms. The molecule has 5 heteroatoms. The topological polar surface area (TPSA) is 50.8 Å². The third-order valence-corrected chi connectivity index (χ3v) is 3.78. The summed E-state index contributed by atoms with van der Waals surface area (Å²) in [7, 11) is 3.55. The molecule has 2 fully saturated rings. The van der Waals surface area contributed by atoms with E-state index in [1.807, 2.05) is 4.90 Å². The Bertz CT molecular complexity index is 285. The lowest BCUT2D eigenvalue weighted by Gasteiger charge is -2.37. The number of nitrogens with zero attached hydrogens (tertiary/aromatic N) is 1. The van der Waals surface area contributed by atoms with Gasteiger partial charge in [0.15, 0.2) is 0 Å². The van der Waals surface area contributed by atoms with Crippen LogP contribution in [-0.2, 0) is 14.3 Å². The summed E-state index contributed by atoms with van der Waals surface area (Å²) in [5.74, 6) is 0.160. The van der Waals surface area contributed by atoms with Gasteiger partial charge in [-0.05, 0) is 19.9 Å². The van der Waals surface area contributed by atoms with Crippen molar-refractivity contribution in [2.24, 2.45) is 0 Å². The van der Waals surface area contributed by atoms with Gasteiger partial charge in [0.2, 0.25) is 5.91 Å². The minimum atomic E-state index is -0.150. The summed E-state index contributed by atoms with van der Waals surface area (Å²) in [6, 6.07) is 0. The lowest BCUT2D eigenvalue weighted by atomic mass is 9.91. The van der Waals surface area contributed by atoms with Gasteiger partial charge in [-0.1, -0.05) is 0 Å². The molecule has 2 saturated heterocycles. The molecular formula is C12H22N2O3. The van der Waals surface area contributed by atoms with Crippen LogP contribution in [0.4, 0.5) is 0 Å². The first-order valence-corrected chi connectivity index (χ1v) is 6.28. The summed E-state index contributed by atoms with van der Waals surface area (Å²) >= 11 is 0. The van der Waals surface area contributed by atoms with Gasteiger partial charge >= 0.3 is 0 Å². The van der Waals surface area contributed by atoms with Crippen LogP contribution in [0.5, 0.6) is 0 Å². The van der Waals surface area contributed by atoms with Crippen LogP contribution in [0.25, 0.3) is 0 Å².